The Kier molecular flexibility index (Phi) is 3.47. The summed E-state index contributed by atoms with van der Waals surface area (Å²) in [5.74, 6) is 1.36. The van der Waals surface area contributed by atoms with Crippen LogP contribution in [0.25, 0.3) is 16.9 Å². The van der Waals surface area contributed by atoms with Crippen LogP contribution in [0.2, 0.25) is 5.02 Å². The van der Waals surface area contributed by atoms with Gasteiger partial charge in [0.2, 0.25) is 0 Å². The number of pyridine rings is 1. The first-order valence-corrected chi connectivity index (χ1v) is 7.13. The lowest BCUT2D eigenvalue weighted by molar-refractivity contribution is 0.242. The highest BCUT2D eigenvalue weighted by Gasteiger charge is 2.13. The van der Waals surface area contributed by atoms with Gasteiger partial charge in [-0.1, -0.05) is 23.7 Å². The van der Waals surface area contributed by atoms with Gasteiger partial charge in [0, 0.05) is 11.8 Å². The van der Waals surface area contributed by atoms with Gasteiger partial charge in [-0.3, -0.25) is 4.40 Å². The van der Waals surface area contributed by atoms with E-state index >= 15 is 0 Å². The van der Waals surface area contributed by atoms with Crippen molar-refractivity contribution in [3.05, 3.63) is 47.6 Å². The van der Waals surface area contributed by atoms with Gasteiger partial charge in [-0.2, -0.15) is 0 Å². The summed E-state index contributed by atoms with van der Waals surface area (Å²) >= 11 is 6.17. The van der Waals surface area contributed by atoms with Gasteiger partial charge in [-0.15, -0.1) is 0 Å². The van der Waals surface area contributed by atoms with Crippen molar-refractivity contribution in [1.82, 2.24) is 9.38 Å². The van der Waals surface area contributed by atoms with Crippen molar-refractivity contribution in [3.8, 4) is 17.0 Å². The van der Waals surface area contributed by atoms with Gasteiger partial charge in [0.1, 0.15) is 17.3 Å². The fraction of sp³-hybridized carbons (Fsp3) is 0.188. The average Bonchev–Trinajstić information content (AvgIpc) is 2.78. The predicted octanol–water partition coefficient (Wildman–Crippen LogP) is 4.02. The molecular weight excluding hydrogens is 286 g/mol. The summed E-state index contributed by atoms with van der Waals surface area (Å²) in [5, 5.41) is 0.574. The highest BCUT2D eigenvalue weighted by Crippen LogP contribution is 2.31. The lowest BCUT2D eigenvalue weighted by Crippen LogP contribution is -2.05. The smallest absolute Gasteiger partial charge is 0.157 e. The number of benzene rings is 1. The van der Waals surface area contributed by atoms with Crippen molar-refractivity contribution in [2.75, 3.05) is 5.73 Å². The van der Waals surface area contributed by atoms with E-state index in [0.29, 0.717) is 22.2 Å². The largest absolute Gasteiger partial charge is 0.491 e. The maximum atomic E-state index is 6.19. The topological polar surface area (TPSA) is 52.5 Å². The number of nitrogens with zero attached hydrogens (tertiary/aromatic N) is 2. The number of ether oxygens (including phenoxy) is 1. The summed E-state index contributed by atoms with van der Waals surface area (Å²) in [4.78, 5) is 4.55. The zero-order valence-corrected chi connectivity index (χ0v) is 12.6. The number of anilines is 1. The van der Waals surface area contributed by atoms with Gasteiger partial charge in [0.25, 0.3) is 0 Å². The minimum Gasteiger partial charge on any atom is -0.491 e. The van der Waals surface area contributed by atoms with Crippen molar-refractivity contribution in [2.45, 2.75) is 20.0 Å². The molecule has 108 valence electrons. The third kappa shape index (κ3) is 2.54. The second-order valence-electron chi connectivity index (χ2n) is 5.09. The Morgan fingerprint density at radius 1 is 1.24 bits per heavy atom. The second-order valence-corrected chi connectivity index (χ2v) is 5.50. The molecule has 3 rings (SSSR count). The normalized spacial score (nSPS) is 11.2. The number of nitrogen functional groups attached to an aromatic ring is 1. The summed E-state index contributed by atoms with van der Waals surface area (Å²) < 4.78 is 7.50. The molecule has 4 nitrogen and oxygen atoms in total. The van der Waals surface area contributed by atoms with Crippen LogP contribution in [-0.2, 0) is 0 Å². The first kappa shape index (κ1) is 13.8. The molecular formula is C16H16ClN3O. The van der Waals surface area contributed by atoms with Crippen molar-refractivity contribution >= 4 is 23.1 Å². The summed E-state index contributed by atoms with van der Waals surface area (Å²) in [7, 11) is 0. The zero-order chi connectivity index (χ0) is 15.0. The molecule has 21 heavy (non-hydrogen) atoms. The average molecular weight is 302 g/mol. The maximum absolute atomic E-state index is 6.19. The number of hydrogen-bond acceptors (Lipinski definition) is 3. The molecule has 2 heterocycles. The number of rotatable bonds is 3. The van der Waals surface area contributed by atoms with E-state index in [0.717, 1.165) is 11.3 Å². The van der Waals surface area contributed by atoms with Crippen molar-refractivity contribution in [3.63, 3.8) is 0 Å². The fourth-order valence-corrected chi connectivity index (χ4v) is 2.46. The molecule has 0 unspecified atom stereocenters. The number of imidazole rings is 1. The van der Waals surface area contributed by atoms with E-state index in [1.54, 1.807) is 10.5 Å². The molecule has 0 atom stereocenters. The standard InChI is InChI=1S/C16H16ClN3O/c1-10(2)21-12-6-3-5-11(9-12)14-15(18)20-8-4-7-13(17)16(20)19-14/h3-10H,18H2,1-2H3. The van der Waals surface area contributed by atoms with E-state index in [4.69, 9.17) is 22.1 Å². The van der Waals surface area contributed by atoms with Gasteiger partial charge in [0.15, 0.2) is 5.65 Å². The summed E-state index contributed by atoms with van der Waals surface area (Å²) in [5.41, 5.74) is 8.46. The molecule has 0 saturated heterocycles. The number of fused-ring (bicyclic) bond motifs is 1. The molecule has 0 fully saturated rings. The van der Waals surface area contributed by atoms with Crippen LogP contribution in [0.4, 0.5) is 5.82 Å². The molecule has 0 aliphatic carbocycles. The molecule has 0 spiro atoms. The Balaban J connectivity index is 2.12. The Hall–Kier alpha value is -2.20. The molecule has 0 aliphatic rings. The summed E-state index contributed by atoms with van der Waals surface area (Å²) in [6.45, 7) is 3.98. The number of halogens is 1. The Labute approximate surface area is 128 Å². The van der Waals surface area contributed by atoms with E-state index in [9.17, 15) is 0 Å². The van der Waals surface area contributed by atoms with Gasteiger partial charge < -0.3 is 10.5 Å². The van der Waals surface area contributed by atoms with E-state index in [1.807, 2.05) is 50.4 Å². The molecule has 0 saturated carbocycles. The number of hydrogen-bond donors (Lipinski definition) is 1. The summed E-state index contributed by atoms with van der Waals surface area (Å²) in [6, 6.07) is 11.4. The molecule has 1 aromatic carbocycles. The zero-order valence-electron chi connectivity index (χ0n) is 11.9. The van der Waals surface area contributed by atoms with Crippen LogP contribution >= 0.6 is 11.6 Å². The first-order valence-electron chi connectivity index (χ1n) is 6.75. The fourth-order valence-electron chi connectivity index (χ4n) is 2.25. The summed E-state index contributed by atoms with van der Waals surface area (Å²) in [6.07, 6.45) is 1.97. The minimum atomic E-state index is 0.119. The van der Waals surface area contributed by atoms with Crippen LogP contribution in [0.5, 0.6) is 5.75 Å². The highest BCUT2D eigenvalue weighted by molar-refractivity contribution is 6.33. The molecule has 0 radical (unpaired) electrons. The number of nitrogens with two attached hydrogens (primary N) is 1. The molecule has 2 N–H and O–H groups in total. The third-order valence-corrected chi connectivity index (χ3v) is 3.41. The van der Waals surface area contributed by atoms with Crippen molar-refractivity contribution in [1.29, 1.82) is 0 Å². The maximum Gasteiger partial charge on any atom is 0.157 e. The SMILES string of the molecule is CC(C)Oc1cccc(-c2nc3c(Cl)cccn3c2N)c1. The number of aromatic nitrogens is 2. The lowest BCUT2D eigenvalue weighted by Gasteiger charge is -2.10. The van der Waals surface area contributed by atoms with Crippen LogP contribution in [0, 0.1) is 0 Å². The Bertz CT molecular complexity index is 795. The molecule has 0 aliphatic heterocycles. The first-order chi connectivity index (χ1) is 10.1. The van der Waals surface area contributed by atoms with E-state index in [2.05, 4.69) is 4.98 Å². The van der Waals surface area contributed by atoms with Gasteiger partial charge in [0.05, 0.1) is 11.1 Å². The quantitative estimate of drug-likeness (QED) is 0.795. The Morgan fingerprint density at radius 3 is 2.76 bits per heavy atom. The van der Waals surface area contributed by atoms with Crippen LogP contribution in [0.15, 0.2) is 42.6 Å². The van der Waals surface area contributed by atoms with Crippen LogP contribution in [0.1, 0.15) is 13.8 Å². The van der Waals surface area contributed by atoms with E-state index in [-0.39, 0.29) is 6.10 Å². The lowest BCUT2D eigenvalue weighted by atomic mass is 10.1. The van der Waals surface area contributed by atoms with Gasteiger partial charge in [-0.05, 0) is 38.1 Å². The van der Waals surface area contributed by atoms with Gasteiger partial charge in [-0.25, -0.2) is 4.98 Å². The van der Waals surface area contributed by atoms with Crippen molar-refractivity contribution < 1.29 is 4.74 Å². The molecule has 0 amide bonds. The monoisotopic (exact) mass is 301 g/mol. The van der Waals surface area contributed by atoms with Crippen LogP contribution < -0.4 is 10.5 Å². The van der Waals surface area contributed by atoms with Crippen LogP contribution in [0.3, 0.4) is 0 Å². The van der Waals surface area contributed by atoms with Crippen LogP contribution in [-0.4, -0.2) is 15.5 Å². The predicted molar refractivity (Wildman–Crippen MR) is 85.8 cm³/mol. The molecule has 3 aromatic rings. The van der Waals surface area contributed by atoms with Gasteiger partial charge >= 0.3 is 0 Å². The van der Waals surface area contributed by atoms with E-state index < -0.39 is 0 Å². The highest BCUT2D eigenvalue weighted by atomic mass is 35.5. The van der Waals surface area contributed by atoms with Crippen molar-refractivity contribution in [2.24, 2.45) is 0 Å². The molecule has 2 aromatic heterocycles. The molecule has 5 heteroatoms. The third-order valence-electron chi connectivity index (χ3n) is 3.12. The molecule has 0 bridgehead atoms. The van der Waals surface area contributed by atoms with E-state index in [1.165, 1.54) is 0 Å². The second kappa shape index (κ2) is 5.30. The Morgan fingerprint density at radius 2 is 2.05 bits per heavy atom. The minimum absolute atomic E-state index is 0.119.